The molecule has 1 aromatic heterocycles. The zero-order valence-corrected chi connectivity index (χ0v) is 21.1. The molecule has 0 saturated heterocycles. The fraction of sp³-hybridized carbons (Fsp3) is 0.310. The van der Waals surface area contributed by atoms with Crippen molar-refractivity contribution in [3.63, 3.8) is 0 Å². The number of fused-ring (bicyclic) bond motifs is 1. The van der Waals surface area contributed by atoms with Crippen molar-refractivity contribution in [2.24, 2.45) is 0 Å². The van der Waals surface area contributed by atoms with Gasteiger partial charge in [-0.05, 0) is 65.5 Å². The van der Waals surface area contributed by atoms with E-state index in [9.17, 15) is 22.0 Å². The number of benzene rings is 3. The molecule has 0 atom stereocenters. The summed E-state index contributed by atoms with van der Waals surface area (Å²) in [5.41, 5.74) is 2.53. The predicted molar refractivity (Wildman–Crippen MR) is 134 cm³/mol. The van der Waals surface area contributed by atoms with Crippen molar-refractivity contribution in [2.75, 3.05) is 20.3 Å². The van der Waals surface area contributed by atoms with Crippen LogP contribution in [-0.2, 0) is 36.8 Å². The second kappa shape index (κ2) is 12.5. The second-order valence-electron chi connectivity index (χ2n) is 9.14. The van der Waals surface area contributed by atoms with Crippen molar-refractivity contribution < 1.29 is 35.8 Å². The number of ether oxygens (including phenoxy) is 2. The molecular weight excluding hydrogens is 522 g/mol. The molecule has 0 fully saturated rings. The van der Waals surface area contributed by atoms with E-state index < -0.39 is 36.0 Å². The minimum absolute atomic E-state index is 0.0815. The van der Waals surface area contributed by atoms with Gasteiger partial charge in [0.25, 0.3) is 0 Å². The van der Waals surface area contributed by atoms with E-state index in [1.54, 1.807) is 37.7 Å². The highest BCUT2D eigenvalue weighted by atomic mass is 19.4. The summed E-state index contributed by atoms with van der Waals surface area (Å²) in [7, 11) is 1.64. The topological polar surface area (TPSA) is 44.2 Å². The van der Waals surface area contributed by atoms with E-state index in [-0.39, 0.29) is 18.4 Å². The van der Waals surface area contributed by atoms with Crippen molar-refractivity contribution >= 4 is 10.8 Å². The first-order valence-corrected chi connectivity index (χ1v) is 12.3. The molecule has 4 rings (SSSR count). The minimum Gasteiger partial charge on any atom is -0.478 e. The molecule has 4 nitrogen and oxygen atoms in total. The van der Waals surface area contributed by atoms with E-state index in [1.807, 2.05) is 12.1 Å². The maximum atomic E-state index is 15.2. The number of methoxy groups -OCH3 is 1. The monoisotopic (exact) mass is 548 g/mol. The number of aromatic nitrogens is 2. The average Bonchev–Trinajstić information content (AvgIpc) is 2.90. The summed E-state index contributed by atoms with van der Waals surface area (Å²) in [6.07, 6.45) is 1.13. The highest BCUT2D eigenvalue weighted by molar-refractivity contribution is 5.84. The number of alkyl halides is 3. The Bertz CT molecular complexity index is 1400. The average molecular weight is 549 g/mol. The third kappa shape index (κ3) is 7.69. The molecule has 0 spiro atoms. The summed E-state index contributed by atoms with van der Waals surface area (Å²) in [5, 5.41) is 1.14. The van der Waals surface area contributed by atoms with Gasteiger partial charge in [-0.2, -0.15) is 13.2 Å². The lowest BCUT2D eigenvalue weighted by Gasteiger charge is -2.12. The minimum atomic E-state index is -4.73. The maximum absolute atomic E-state index is 15.2. The van der Waals surface area contributed by atoms with Crippen LogP contribution in [0, 0.1) is 17.5 Å². The standard InChI is InChI=1S/C29H26F6N2O2/c1-38-11-10-20-15-36-26(37-16-20)9-4-18-3-8-23-22(12-18)7-6-21(27(23)32)5-2-19-13-24(30)28(25(31)14-19)39-17-29(33,34)35/h3,6-8,12-16H,2,4-5,9-11,17H2,1H3. The third-order valence-corrected chi connectivity index (χ3v) is 6.21. The quantitative estimate of drug-likeness (QED) is 0.195. The van der Waals surface area contributed by atoms with Crippen molar-refractivity contribution in [1.82, 2.24) is 9.97 Å². The number of hydrogen-bond acceptors (Lipinski definition) is 4. The number of rotatable bonds is 11. The number of aryl methyl sites for hydroxylation is 4. The molecule has 0 N–H and O–H groups in total. The van der Waals surface area contributed by atoms with Gasteiger partial charge in [0.05, 0.1) is 6.61 Å². The Balaban J connectivity index is 1.39. The molecule has 0 bridgehead atoms. The molecule has 4 aromatic rings. The normalized spacial score (nSPS) is 11.8. The van der Waals surface area contributed by atoms with Crippen LogP contribution >= 0.6 is 0 Å². The molecular formula is C29H26F6N2O2. The van der Waals surface area contributed by atoms with E-state index >= 15 is 4.39 Å². The number of hydrogen-bond donors (Lipinski definition) is 0. The Morgan fingerprint density at radius 3 is 2.10 bits per heavy atom. The van der Waals surface area contributed by atoms with Gasteiger partial charge < -0.3 is 9.47 Å². The Kier molecular flexibility index (Phi) is 9.06. The zero-order valence-electron chi connectivity index (χ0n) is 21.1. The van der Waals surface area contributed by atoms with Gasteiger partial charge in [0, 0.05) is 31.3 Å². The number of halogens is 6. The summed E-state index contributed by atoms with van der Waals surface area (Å²) in [6, 6.07) is 10.6. The first-order valence-electron chi connectivity index (χ1n) is 12.3. The Labute approximate surface area is 221 Å². The fourth-order valence-corrected chi connectivity index (χ4v) is 4.18. The molecule has 206 valence electrons. The van der Waals surface area contributed by atoms with Crippen LogP contribution in [-0.4, -0.2) is 36.5 Å². The van der Waals surface area contributed by atoms with Crippen LogP contribution in [0.25, 0.3) is 10.8 Å². The Hall–Kier alpha value is -3.66. The van der Waals surface area contributed by atoms with E-state index in [4.69, 9.17) is 4.74 Å². The van der Waals surface area contributed by atoms with E-state index in [1.165, 1.54) is 0 Å². The fourth-order valence-electron chi connectivity index (χ4n) is 4.18. The van der Waals surface area contributed by atoms with E-state index in [2.05, 4.69) is 14.7 Å². The summed E-state index contributed by atoms with van der Waals surface area (Å²) < 4.78 is 89.7. The van der Waals surface area contributed by atoms with Gasteiger partial charge >= 0.3 is 6.18 Å². The van der Waals surface area contributed by atoms with Crippen LogP contribution < -0.4 is 4.74 Å². The molecule has 10 heteroatoms. The Morgan fingerprint density at radius 2 is 1.44 bits per heavy atom. The summed E-state index contributed by atoms with van der Waals surface area (Å²) in [5.74, 6) is -3.29. The van der Waals surface area contributed by atoms with Gasteiger partial charge in [-0.15, -0.1) is 0 Å². The van der Waals surface area contributed by atoms with Crippen molar-refractivity contribution in [3.8, 4) is 5.75 Å². The van der Waals surface area contributed by atoms with Crippen LogP contribution in [0.15, 0.2) is 54.9 Å². The molecule has 0 aliphatic carbocycles. The molecule has 0 amide bonds. The summed E-state index contributed by atoms with van der Waals surface area (Å²) >= 11 is 0. The van der Waals surface area contributed by atoms with E-state index in [0.29, 0.717) is 41.6 Å². The van der Waals surface area contributed by atoms with Crippen molar-refractivity contribution in [2.45, 2.75) is 38.3 Å². The molecule has 0 aliphatic heterocycles. The summed E-state index contributed by atoms with van der Waals surface area (Å²) in [6.45, 7) is -1.20. The van der Waals surface area contributed by atoms with E-state index in [0.717, 1.165) is 29.7 Å². The highest BCUT2D eigenvalue weighted by Gasteiger charge is 2.30. The second-order valence-corrected chi connectivity index (χ2v) is 9.14. The van der Waals surface area contributed by atoms with Crippen LogP contribution in [0.4, 0.5) is 26.3 Å². The molecule has 3 aromatic carbocycles. The largest absolute Gasteiger partial charge is 0.478 e. The molecule has 0 radical (unpaired) electrons. The first-order chi connectivity index (χ1) is 18.6. The van der Waals surface area contributed by atoms with Crippen molar-refractivity contribution in [1.29, 1.82) is 0 Å². The van der Waals surface area contributed by atoms with Crippen molar-refractivity contribution in [3.05, 3.63) is 100 Å². The maximum Gasteiger partial charge on any atom is 0.422 e. The number of nitrogens with zero attached hydrogens (tertiary/aromatic N) is 2. The summed E-state index contributed by atoms with van der Waals surface area (Å²) in [4.78, 5) is 8.78. The van der Waals surface area contributed by atoms with Gasteiger partial charge in [-0.25, -0.2) is 23.1 Å². The lowest BCUT2D eigenvalue weighted by molar-refractivity contribution is -0.154. The Morgan fingerprint density at radius 1 is 0.744 bits per heavy atom. The SMILES string of the molecule is COCCc1cnc(CCc2ccc3c(F)c(CCc4cc(F)c(OCC(F)(F)F)c(F)c4)ccc3c2)nc1. The smallest absolute Gasteiger partial charge is 0.422 e. The third-order valence-electron chi connectivity index (χ3n) is 6.21. The molecule has 0 saturated carbocycles. The van der Waals surface area contributed by atoms with Gasteiger partial charge in [-0.3, -0.25) is 0 Å². The lowest BCUT2D eigenvalue weighted by Crippen LogP contribution is -2.20. The highest BCUT2D eigenvalue weighted by Crippen LogP contribution is 2.28. The van der Waals surface area contributed by atoms with Crippen LogP contribution in [0.3, 0.4) is 0 Å². The first kappa shape index (κ1) is 28.4. The molecule has 0 unspecified atom stereocenters. The zero-order chi connectivity index (χ0) is 28.0. The predicted octanol–water partition coefficient (Wildman–Crippen LogP) is 6.75. The van der Waals surface area contributed by atoms with Crippen LogP contribution in [0.5, 0.6) is 5.75 Å². The van der Waals surface area contributed by atoms with Gasteiger partial charge in [0.2, 0.25) is 0 Å². The van der Waals surface area contributed by atoms with Gasteiger partial charge in [0.15, 0.2) is 24.0 Å². The van der Waals surface area contributed by atoms with Gasteiger partial charge in [0.1, 0.15) is 11.6 Å². The molecule has 1 heterocycles. The van der Waals surface area contributed by atoms with Crippen LogP contribution in [0.1, 0.15) is 28.1 Å². The van der Waals surface area contributed by atoms with Gasteiger partial charge in [-0.1, -0.05) is 30.3 Å². The lowest BCUT2D eigenvalue weighted by atomic mass is 9.98. The van der Waals surface area contributed by atoms with Crippen LogP contribution in [0.2, 0.25) is 0 Å². The molecule has 0 aliphatic rings. The molecule has 39 heavy (non-hydrogen) atoms.